The third-order valence-electron chi connectivity index (χ3n) is 3.09. The standard InChI is InChI=1S/C16H19/c1-2-3-4-5-9-14-11-8-12-15-10-6-7-13-16(14)15/h6-8,10,12-13H,2-5,9H2,1H3. The van der Waals surface area contributed by atoms with Gasteiger partial charge in [0.2, 0.25) is 0 Å². The molecule has 0 bridgehead atoms. The summed E-state index contributed by atoms with van der Waals surface area (Å²) in [6.07, 6.45) is 6.46. The normalized spacial score (nSPS) is 10.8. The fraction of sp³-hybridized carbons (Fsp3) is 0.375. The smallest absolute Gasteiger partial charge is 0.0143 e. The molecule has 0 nitrogen and oxygen atoms in total. The van der Waals surface area contributed by atoms with Gasteiger partial charge < -0.3 is 0 Å². The van der Waals surface area contributed by atoms with Crippen LogP contribution in [0.2, 0.25) is 0 Å². The van der Waals surface area contributed by atoms with Gasteiger partial charge >= 0.3 is 0 Å². The zero-order valence-corrected chi connectivity index (χ0v) is 10.00. The van der Waals surface area contributed by atoms with Gasteiger partial charge in [-0.15, -0.1) is 0 Å². The number of unbranched alkanes of at least 4 members (excludes halogenated alkanes) is 3. The molecule has 0 heterocycles. The van der Waals surface area contributed by atoms with E-state index in [0.29, 0.717) is 0 Å². The molecule has 83 valence electrons. The van der Waals surface area contributed by atoms with Gasteiger partial charge in [-0.2, -0.15) is 0 Å². The number of benzene rings is 2. The van der Waals surface area contributed by atoms with E-state index in [4.69, 9.17) is 0 Å². The molecule has 0 saturated carbocycles. The number of hydrogen-bond donors (Lipinski definition) is 0. The van der Waals surface area contributed by atoms with Crippen molar-refractivity contribution in [1.82, 2.24) is 0 Å². The van der Waals surface area contributed by atoms with Crippen LogP contribution in [0.5, 0.6) is 0 Å². The van der Waals surface area contributed by atoms with Gasteiger partial charge in [0.1, 0.15) is 0 Å². The van der Waals surface area contributed by atoms with E-state index in [2.05, 4.69) is 49.4 Å². The molecule has 0 aliphatic carbocycles. The summed E-state index contributed by atoms with van der Waals surface area (Å²) in [6, 6.07) is 16.2. The highest BCUT2D eigenvalue weighted by Crippen LogP contribution is 2.19. The largest absolute Gasteiger partial charge is 0.0654 e. The van der Waals surface area contributed by atoms with Crippen LogP contribution in [0.25, 0.3) is 10.8 Å². The summed E-state index contributed by atoms with van der Waals surface area (Å²) in [4.78, 5) is 0. The molecule has 0 N–H and O–H groups in total. The molecule has 2 aromatic rings. The number of hydrogen-bond acceptors (Lipinski definition) is 0. The fourth-order valence-electron chi connectivity index (χ4n) is 2.16. The molecule has 0 unspecified atom stereocenters. The monoisotopic (exact) mass is 211 g/mol. The van der Waals surface area contributed by atoms with Gasteiger partial charge in [-0.1, -0.05) is 62.6 Å². The summed E-state index contributed by atoms with van der Waals surface area (Å²) >= 11 is 0. The first-order valence-electron chi connectivity index (χ1n) is 6.30. The maximum absolute atomic E-state index is 3.39. The van der Waals surface area contributed by atoms with Crippen molar-refractivity contribution >= 4 is 10.8 Å². The van der Waals surface area contributed by atoms with Gasteiger partial charge in [0.25, 0.3) is 0 Å². The second-order valence-corrected chi connectivity index (χ2v) is 4.35. The molecule has 0 saturated heterocycles. The van der Waals surface area contributed by atoms with E-state index in [9.17, 15) is 0 Å². The van der Waals surface area contributed by atoms with Crippen molar-refractivity contribution in [2.24, 2.45) is 0 Å². The summed E-state index contributed by atoms with van der Waals surface area (Å²) in [5.74, 6) is 0. The average molecular weight is 211 g/mol. The topological polar surface area (TPSA) is 0 Å². The van der Waals surface area contributed by atoms with Crippen molar-refractivity contribution in [3.63, 3.8) is 0 Å². The summed E-state index contributed by atoms with van der Waals surface area (Å²) in [6.45, 7) is 2.25. The molecule has 0 amide bonds. The summed E-state index contributed by atoms with van der Waals surface area (Å²) in [7, 11) is 0. The minimum Gasteiger partial charge on any atom is -0.0654 e. The Labute approximate surface area is 98.3 Å². The SMILES string of the molecule is CCCCCCc1[c]ccc2ccccc12. The third-order valence-corrected chi connectivity index (χ3v) is 3.09. The van der Waals surface area contributed by atoms with Crippen LogP contribution in [0.4, 0.5) is 0 Å². The van der Waals surface area contributed by atoms with Crippen molar-refractivity contribution in [2.75, 3.05) is 0 Å². The van der Waals surface area contributed by atoms with E-state index >= 15 is 0 Å². The van der Waals surface area contributed by atoms with E-state index in [1.165, 1.54) is 48.4 Å². The maximum atomic E-state index is 3.39. The summed E-state index contributed by atoms with van der Waals surface area (Å²) in [5, 5.41) is 2.72. The van der Waals surface area contributed by atoms with Gasteiger partial charge in [-0.3, -0.25) is 0 Å². The Kier molecular flexibility index (Phi) is 3.98. The first kappa shape index (κ1) is 11.2. The number of rotatable bonds is 5. The summed E-state index contributed by atoms with van der Waals surface area (Å²) in [5.41, 5.74) is 1.38. The third kappa shape index (κ3) is 2.63. The molecule has 0 spiro atoms. The molecule has 0 aromatic heterocycles. The lowest BCUT2D eigenvalue weighted by molar-refractivity contribution is 0.668. The highest BCUT2D eigenvalue weighted by molar-refractivity contribution is 5.85. The molecule has 0 fully saturated rings. The van der Waals surface area contributed by atoms with Crippen molar-refractivity contribution in [3.05, 3.63) is 48.0 Å². The predicted molar refractivity (Wildman–Crippen MR) is 70.6 cm³/mol. The molecule has 0 atom stereocenters. The van der Waals surface area contributed by atoms with Crippen LogP contribution >= 0.6 is 0 Å². The van der Waals surface area contributed by atoms with Crippen LogP contribution in [0.3, 0.4) is 0 Å². The predicted octanol–water partition coefficient (Wildman–Crippen LogP) is 4.76. The van der Waals surface area contributed by atoms with Crippen LogP contribution in [-0.2, 0) is 6.42 Å². The van der Waals surface area contributed by atoms with Gasteiger partial charge in [0.15, 0.2) is 0 Å². The second kappa shape index (κ2) is 5.69. The quantitative estimate of drug-likeness (QED) is 0.625. The van der Waals surface area contributed by atoms with E-state index in [-0.39, 0.29) is 0 Å². The number of aryl methyl sites for hydroxylation is 1. The Hall–Kier alpha value is -1.30. The van der Waals surface area contributed by atoms with E-state index in [1.807, 2.05) is 0 Å². The second-order valence-electron chi connectivity index (χ2n) is 4.35. The molecular weight excluding hydrogens is 192 g/mol. The van der Waals surface area contributed by atoms with Gasteiger partial charge in [-0.25, -0.2) is 0 Å². The lowest BCUT2D eigenvalue weighted by Crippen LogP contribution is -1.88. The number of fused-ring (bicyclic) bond motifs is 1. The molecule has 16 heavy (non-hydrogen) atoms. The Bertz CT molecular complexity index is 437. The van der Waals surface area contributed by atoms with Crippen LogP contribution < -0.4 is 0 Å². The lowest BCUT2D eigenvalue weighted by Gasteiger charge is -2.05. The molecule has 1 radical (unpaired) electrons. The summed E-state index contributed by atoms with van der Waals surface area (Å²) < 4.78 is 0. The minimum atomic E-state index is 1.17. The molecule has 0 aliphatic heterocycles. The fourth-order valence-corrected chi connectivity index (χ4v) is 2.16. The molecule has 2 aromatic carbocycles. The lowest BCUT2D eigenvalue weighted by atomic mass is 9.99. The first-order chi connectivity index (χ1) is 7.92. The molecule has 2 rings (SSSR count). The van der Waals surface area contributed by atoms with Crippen molar-refractivity contribution < 1.29 is 0 Å². The zero-order valence-electron chi connectivity index (χ0n) is 10.00. The zero-order chi connectivity index (χ0) is 11.2. The van der Waals surface area contributed by atoms with E-state index in [0.717, 1.165) is 0 Å². The van der Waals surface area contributed by atoms with Crippen LogP contribution in [0.1, 0.15) is 38.2 Å². The van der Waals surface area contributed by atoms with Crippen molar-refractivity contribution in [2.45, 2.75) is 39.0 Å². The van der Waals surface area contributed by atoms with E-state index in [1.54, 1.807) is 0 Å². The van der Waals surface area contributed by atoms with Crippen LogP contribution in [0, 0.1) is 6.07 Å². The van der Waals surface area contributed by atoms with Gasteiger partial charge in [0, 0.05) is 0 Å². The van der Waals surface area contributed by atoms with Gasteiger partial charge in [-0.05, 0) is 35.2 Å². The Morgan fingerprint density at radius 1 is 1.00 bits per heavy atom. The Morgan fingerprint density at radius 3 is 2.75 bits per heavy atom. The maximum Gasteiger partial charge on any atom is -0.0143 e. The highest BCUT2D eigenvalue weighted by atomic mass is 14.0. The van der Waals surface area contributed by atoms with Crippen LogP contribution in [0.15, 0.2) is 36.4 Å². The molecule has 0 aliphatic rings. The Balaban J connectivity index is 2.11. The van der Waals surface area contributed by atoms with Crippen LogP contribution in [-0.4, -0.2) is 0 Å². The average Bonchev–Trinajstić information content (AvgIpc) is 2.35. The van der Waals surface area contributed by atoms with Crippen molar-refractivity contribution in [1.29, 1.82) is 0 Å². The highest BCUT2D eigenvalue weighted by Gasteiger charge is 1.99. The first-order valence-corrected chi connectivity index (χ1v) is 6.30. The Morgan fingerprint density at radius 2 is 1.88 bits per heavy atom. The minimum absolute atomic E-state index is 1.17. The van der Waals surface area contributed by atoms with Crippen molar-refractivity contribution in [3.8, 4) is 0 Å². The molecule has 0 heteroatoms. The molecular formula is C16H19. The van der Waals surface area contributed by atoms with E-state index < -0.39 is 0 Å². The van der Waals surface area contributed by atoms with Gasteiger partial charge in [0.05, 0.1) is 0 Å².